The van der Waals surface area contributed by atoms with Gasteiger partial charge < -0.3 is 19.9 Å². The van der Waals surface area contributed by atoms with Gasteiger partial charge in [0, 0.05) is 12.1 Å². The van der Waals surface area contributed by atoms with E-state index in [-0.39, 0.29) is 6.04 Å². The number of hydrogen-bond donors (Lipinski definition) is 2. The predicted octanol–water partition coefficient (Wildman–Crippen LogP) is 1.95. The Morgan fingerprint density at radius 3 is 2.78 bits per heavy atom. The van der Waals surface area contributed by atoms with Gasteiger partial charge in [-0.3, -0.25) is 0 Å². The van der Waals surface area contributed by atoms with E-state index in [0.29, 0.717) is 25.3 Å². The van der Waals surface area contributed by atoms with E-state index in [2.05, 4.69) is 10.1 Å². The van der Waals surface area contributed by atoms with Crippen molar-refractivity contribution in [1.82, 2.24) is 5.32 Å². The average Bonchev–Trinajstić information content (AvgIpc) is 2.31. The van der Waals surface area contributed by atoms with Crippen LogP contribution in [0, 0.1) is 0 Å². The van der Waals surface area contributed by atoms with Crippen LogP contribution in [0.15, 0.2) is 18.2 Å². The van der Waals surface area contributed by atoms with Crippen LogP contribution in [0.2, 0.25) is 0 Å². The summed E-state index contributed by atoms with van der Waals surface area (Å²) in [5, 5.41) is 12.8. The first-order valence-corrected chi connectivity index (χ1v) is 5.36. The molecule has 1 fully saturated rings. The van der Waals surface area contributed by atoms with Gasteiger partial charge in [-0.1, -0.05) is 12.1 Å². The van der Waals surface area contributed by atoms with Crippen LogP contribution in [0.5, 0.6) is 11.5 Å². The number of ether oxygens (including phenoxy) is 2. The lowest BCUT2D eigenvalue weighted by Gasteiger charge is -2.25. The summed E-state index contributed by atoms with van der Waals surface area (Å²) in [5.41, 5.74) is 0.330. The molecule has 1 aliphatic heterocycles. The monoisotopic (exact) mass is 263 g/mol. The molecule has 0 spiro atoms. The van der Waals surface area contributed by atoms with Crippen LogP contribution in [0.3, 0.4) is 0 Å². The van der Waals surface area contributed by atoms with Crippen LogP contribution in [-0.2, 0) is 4.74 Å². The number of benzene rings is 1. The summed E-state index contributed by atoms with van der Waals surface area (Å²) in [6.45, 7) is 1.41. The van der Waals surface area contributed by atoms with Gasteiger partial charge in [0.15, 0.2) is 11.5 Å². The van der Waals surface area contributed by atoms with Crippen LogP contribution in [0.25, 0.3) is 0 Å². The molecule has 0 radical (unpaired) electrons. The molecule has 0 unspecified atom stereocenters. The summed E-state index contributed by atoms with van der Waals surface area (Å²) >= 11 is 0. The van der Waals surface area contributed by atoms with Crippen molar-refractivity contribution < 1.29 is 27.8 Å². The van der Waals surface area contributed by atoms with E-state index in [1.54, 1.807) is 0 Å². The van der Waals surface area contributed by atoms with Crippen molar-refractivity contribution >= 4 is 0 Å². The van der Waals surface area contributed by atoms with Crippen LogP contribution in [-0.4, -0.2) is 31.2 Å². The molecule has 1 atom stereocenters. The van der Waals surface area contributed by atoms with Crippen LogP contribution >= 0.6 is 0 Å². The Bertz CT molecular complexity index is 416. The Hall–Kier alpha value is -1.47. The molecule has 1 heterocycles. The van der Waals surface area contributed by atoms with Gasteiger partial charge in [0.25, 0.3) is 0 Å². The van der Waals surface area contributed by atoms with Gasteiger partial charge in [-0.05, 0) is 6.07 Å². The summed E-state index contributed by atoms with van der Waals surface area (Å²) in [7, 11) is 0. The van der Waals surface area contributed by atoms with Crippen LogP contribution in [0.1, 0.15) is 11.6 Å². The lowest BCUT2D eigenvalue weighted by atomic mass is 10.1. The first-order valence-electron chi connectivity index (χ1n) is 5.36. The van der Waals surface area contributed by atoms with Crippen molar-refractivity contribution in [2.45, 2.75) is 12.4 Å². The second-order valence-electron chi connectivity index (χ2n) is 3.82. The van der Waals surface area contributed by atoms with Gasteiger partial charge in [0.05, 0.1) is 19.3 Å². The number of aromatic hydroxyl groups is 1. The fourth-order valence-electron chi connectivity index (χ4n) is 1.79. The molecule has 7 heteroatoms. The Labute approximate surface area is 101 Å². The van der Waals surface area contributed by atoms with Gasteiger partial charge in [-0.25, -0.2) is 0 Å². The summed E-state index contributed by atoms with van der Waals surface area (Å²) in [4.78, 5) is 0. The van der Waals surface area contributed by atoms with Gasteiger partial charge in [0.1, 0.15) is 0 Å². The second-order valence-corrected chi connectivity index (χ2v) is 3.82. The number of phenolic OH excluding ortho intramolecular Hbond substituents is 1. The highest BCUT2D eigenvalue weighted by atomic mass is 19.4. The second kappa shape index (κ2) is 5.03. The van der Waals surface area contributed by atoms with E-state index >= 15 is 0 Å². The van der Waals surface area contributed by atoms with E-state index in [1.165, 1.54) is 12.1 Å². The SMILES string of the molecule is Oc1c(OC(F)(F)F)cccc1[C@@H]1COCCN1. The molecule has 0 saturated carbocycles. The maximum Gasteiger partial charge on any atom is 0.573 e. The minimum absolute atomic E-state index is 0.295. The topological polar surface area (TPSA) is 50.7 Å². The number of para-hydroxylation sites is 1. The molecule has 1 aromatic rings. The molecule has 18 heavy (non-hydrogen) atoms. The molecule has 2 rings (SSSR count). The average molecular weight is 263 g/mol. The fraction of sp³-hybridized carbons (Fsp3) is 0.455. The Balaban J connectivity index is 2.23. The van der Waals surface area contributed by atoms with E-state index < -0.39 is 17.9 Å². The third-order valence-electron chi connectivity index (χ3n) is 2.55. The molecule has 100 valence electrons. The van der Waals surface area contributed by atoms with Crippen LogP contribution < -0.4 is 10.1 Å². The van der Waals surface area contributed by atoms with E-state index in [4.69, 9.17) is 4.74 Å². The molecule has 0 aromatic heterocycles. The van der Waals surface area contributed by atoms with E-state index in [1.807, 2.05) is 0 Å². The highest BCUT2D eigenvalue weighted by molar-refractivity contribution is 5.47. The van der Waals surface area contributed by atoms with Crippen molar-refractivity contribution in [1.29, 1.82) is 0 Å². The number of halogens is 3. The Morgan fingerprint density at radius 1 is 1.39 bits per heavy atom. The molecular formula is C11H12F3NO3. The summed E-state index contributed by atoms with van der Waals surface area (Å²) in [6, 6.07) is 3.66. The standard InChI is InChI=1S/C11H12F3NO3/c12-11(13,14)18-9-3-1-2-7(10(9)16)8-6-17-5-4-15-8/h1-3,8,15-16H,4-6H2/t8-/m0/s1. The normalized spacial score (nSPS) is 20.7. The van der Waals surface area contributed by atoms with Crippen molar-refractivity contribution in [3.05, 3.63) is 23.8 Å². The lowest BCUT2D eigenvalue weighted by Crippen LogP contribution is -2.34. The maximum atomic E-state index is 12.1. The summed E-state index contributed by atoms with van der Waals surface area (Å²) < 4.78 is 45.3. The number of alkyl halides is 3. The van der Waals surface area contributed by atoms with Crippen molar-refractivity contribution in [3.63, 3.8) is 0 Å². The highest BCUT2D eigenvalue weighted by Crippen LogP contribution is 2.37. The number of hydrogen-bond acceptors (Lipinski definition) is 4. The third-order valence-corrected chi connectivity index (χ3v) is 2.55. The molecular weight excluding hydrogens is 251 g/mol. The van der Waals surface area contributed by atoms with Gasteiger partial charge in [0.2, 0.25) is 0 Å². The number of morpholine rings is 1. The molecule has 2 N–H and O–H groups in total. The summed E-state index contributed by atoms with van der Waals surface area (Å²) in [5.74, 6) is -1.12. The number of phenols is 1. The van der Waals surface area contributed by atoms with E-state index in [9.17, 15) is 18.3 Å². The third kappa shape index (κ3) is 3.05. The zero-order valence-electron chi connectivity index (χ0n) is 9.33. The van der Waals surface area contributed by atoms with Gasteiger partial charge in [-0.15, -0.1) is 13.2 Å². The molecule has 0 bridgehead atoms. The van der Waals surface area contributed by atoms with Crippen molar-refractivity contribution in [2.24, 2.45) is 0 Å². The fourth-order valence-corrected chi connectivity index (χ4v) is 1.79. The molecule has 4 nitrogen and oxygen atoms in total. The van der Waals surface area contributed by atoms with Gasteiger partial charge >= 0.3 is 6.36 Å². The number of nitrogens with one attached hydrogen (secondary N) is 1. The smallest absolute Gasteiger partial charge is 0.504 e. The highest BCUT2D eigenvalue weighted by Gasteiger charge is 2.33. The van der Waals surface area contributed by atoms with Crippen molar-refractivity contribution in [2.75, 3.05) is 19.8 Å². The largest absolute Gasteiger partial charge is 0.573 e. The Kier molecular flexibility index (Phi) is 3.63. The van der Waals surface area contributed by atoms with E-state index in [0.717, 1.165) is 6.07 Å². The maximum absolute atomic E-state index is 12.1. The summed E-state index contributed by atoms with van der Waals surface area (Å²) in [6.07, 6.45) is -4.83. The molecule has 1 aromatic carbocycles. The number of rotatable bonds is 2. The predicted molar refractivity (Wildman–Crippen MR) is 56.4 cm³/mol. The molecule has 0 amide bonds. The van der Waals surface area contributed by atoms with Crippen molar-refractivity contribution in [3.8, 4) is 11.5 Å². The quantitative estimate of drug-likeness (QED) is 0.856. The molecule has 1 aliphatic rings. The zero-order chi connectivity index (χ0) is 13.2. The Morgan fingerprint density at radius 2 is 2.17 bits per heavy atom. The lowest BCUT2D eigenvalue weighted by molar-refractivity contribution is -0.275. The minimum Gasteiger partial charge on any atom is -0.504 e. The first kappa shape index (κ1) is 13.0. The molecule has 1 saturated heterocycles. The zero-order valence-corrected chi connectivity index (χ0v) is 9.33. The van der Waals surface area contributed by atoms with Gasteiger partial charge in [-0.2, -0.15) is 0 Å². The first-order chi connectivity index (χ1) is 8.47. The van der Waals surface area contributed by atoms with Crippen LogP contribution in [0.4, 0.5) is 13.2 Å². The minimum atomic E-state index is -4.83. The molecule has 0 aliphatic carbocycles.